The lowest BCUT2D eigenvalue weighted by atomic mass is 10.1. The van der Waals surface area contributed by atoms with Gasteiger partial charge < -0.3 is 20.4 Å². The van der Waals surface area contributed by atoms with E-state index in [0.717, 1.165) is 11.1 Å². The van der Waals surface area contributed by atoms with Gasteiger partial charge in [-0.25, -0.2) is 4.98 Å². The van der Waals surface area contributed by atoms with Crippen LogP contribution in [0.2, 0.25) is 0 Å². The number of hydrogen-bond donors (Lipinski definition) is 3. The summed E-state index contributed by atoms with van der Waals surface area (Å²) in [5, 5.41) is 5.44. The zero-order valence-corrected chi connectivity index (χ0v) is 15.6. The van der Waals surface area contributed by atoms with E-state index in [1.165, 1.54) is 0 Å². The number of fused-ring (bicyclic) bond motifs is 1. The minimum absolute atomic E-state index is 0.0134. The molecular formula is C21H18N4O4. The Hall–Kier alpha value is -3.94. The van der Waals surface area contributed by atoms with Crippen LogP contribution in [0, 0.1) is 6.92 Å². The predicted octanol–water partition coefficient (Wildman–Crippen LogP) is 2.01. The van der Waals surface area contributed by atoms with Crippen LogP contribution in [0.1, 0.15) is 21.9 Å². The second kappa shape index (κ2) is 7.59. The van der Waals surface area contributed by atoms with Gasteiger partial charge in [-0.1, -0.05) is 36.4 Å². The van der Waals surface area contributed by atoms with Crippen LogP contribution in [0.4, 0.5) is 5.69 Å². The first-order chi connectivity index (χ1) is 14.0. The van der Waals surface area contributed by atoms with Crippen LogP contribution in [0.15, 0.2) is 53.3 Å². The average Bonchev–Trinajstić information content (AvgIpc) is 2.72. The zero-order valence-electron chi connectivity index (χ0n) is 15.6. The van der Waals surface area contributed by atoms with Crippen molar-refractivity contribution in [2.75, 3.05) is 11.9 Å². The molecule has 2 aromatic carbocycles. The monoisotopic (exact) mass is 390 g/mol. The summed E-state index contributed by atoms with van der Waals surface area (Å²) in [6.45, 7) is 1.88. The molecule has 0 atom stereocenters. The van der Waals surface area contributed by atoms with Gasteiger partial charge in [0.1, 0.15) is 5.75 Å². The second-order valence-corrected chi connectivity index (χ2v) is 6.59. The number of benzene rings is 2. The van der Waals surface area contributed by atoms with Crippen molar-refractivity contribution in [3.05, 3.63) is 76.0 Å². The van der Waals surface area contributed by atoms with Crippen LogP contribution in [-0.4, -0.2) is 28.4 Å². The molecule has 0 spiro atoms. The maximum Gasteiger partial charge on any atom is 0.287 e. The maximum atomic E-state index is 12.5. The normalized spacial score (nSPS) is 12.5. The number of carbonyl (C=O) groups excluding carboxylic acids is 2. The molecule has 1 aliphatic heterocycles. The van der Waals surface area contributed by atoms with Gasteiger partial charge in [0.25, 0.3) is 17.4 Å². The predicted molar refractivity (Wildman–Crippen MR) is 107 cm³/mol. The van der Waals surface area contributed by atoms with Gasteiger partial charge >= 0.3 is 0 Å². The van der Waals surface area contributed by atoms with E-state index < -0.39 is 5.91 Å². The molecule has 3 N–H and O–H groups in total. The van der Waals surface area contributed by atoms with Crippen molar-refractivity contribution >= 4 is 17.5 Å². The second-order valence-electron chi connectivity index (χ2n) is 6.59. The SMILES string of the molecule is Cc1nc(C(=O)NCc2ccc3c(c2)NC(=O)CO3)[nH]c(=O)c1-c1ccccc1. The van der Waals surface area contributed by atoms with E-state index in [-0.39, 0.29) is 30.4 Å². The van der Waals surface area contributed by atoms with Crippen molar-refractivity contribution in [3.63, 3.8) is 0 Å². The number of anilines is 1. The summed E-state index contributed by atoms with van der Waals surface area (Å²) in [4.78, 5) is 43.2. The highest BCUT2D eigenvalue weighted by molar-refractivity contribution is 5.95. The number of H-pyrrole nitrogens is 1. The number of aromatic nitrogens is 2. The highest BCUT2D eigenvalue weighted by Crippen LogP contribution is 2.28. The lowest BCUT2D eigenvalue weighted by Crippen LogP contribution is -2.29. The van der Waals surface area contributed by atoms with Crippen LogP contribution >= 0.6 is 0 Å². The lowest BCUT2D eigenvalue weighted by molar-refractivity contribution is -0.118. The van der Waals surface area contributed by atoms with E-state index in [0.29, 0.717) is 22.7 Å². The molecule has 0 unspecified atom stereocenters. The Morgan fingerprint density at radius 2 is 1.97 bits per heavy atom. The molecule has 1 aliphatic rings. The molecule has 0 saturated carbocycles. The summed E-state index contributed by atoms with van der Waals surface area (Å²) in [5.74, 6) is -0.197. The van der Waals surface area contributed by atoms with Crippen molar-refractivity contribution in [2.24, 2.45) is 0 Å². The van der Waals surface area contributed by atoms with E-state index in [1.807, 2.05) is 30.3 Å². The number of nitrogens with zero attached hydrogens (tertiary/aromatic N) is 1. The summed E-state index contributed by atoms with van der Waals surface area (Å²) in [6, 6.07) is 14.4. The third-order valence-electron chi connectivity index (χ3n) is 4.51. The molecule has 146 valence electrons. The van der Waals surface area contributed by atoms with Crippen molar-refractivity contribution in [3.8, 4) is 16.9 Å². The Morgan fingerprint density at radius 1 is 1.17 bits per heavy atom. The molecule has 0 bridgehead atoms. The van der Waals surface area contributed by atoms with Crippen molar-refractivity contribution < 1.29 is 14.3 Å². The zero-order chi connectivity index (χ0) is 20.4. The van der Waals surface area contributed by atoms with Crippen LogP contribution in [-0.2, 0) is 11.3 Å². The molecule has 2 heterocycles. The minimum Gasteiger partial charge on any atom is -0.482 e. The van der Waals surface area contributed by atoms with E-state index in [1.54, 1.807) is 25.1 Å². The third-order valence-corrected chi connectivity index (χ3v) is 4.51. The summed E-state index contributed by atoms with van der Waals surface area (Å²) >= 11 is 0. The Morgan fingerprint density at radius 3 is 2.72 bits per heavy atom. The topological polar surface area (TPSA) is 113 Å². The van der Waals surface area contributed by atoms with Gasteiger partial charge in [0.2, 0.25) is 0 Å². The van der Waals surface area contributed by atoms with E-state index in [4.69, 9.17) is 4.74 Å². The van der Waals surface area contributed by atoms with Crippen molar-refractivity contribution in [1.82, 2.24) is 15.3 Å². The fraction of sp³-hybridized carbons (Fsp3) is 0.143. The summed E-state index contributed by atoms with van der Waals surface area (Å²) in [7, 11) is 0. The molecule has 3 aromatic rings. The van der Waals surface area contributed by atoms with Gasteiger partial charge in [0, 0.05) is 6.54 Å². The Kier molecular flexibility index (Phi) is 4.82. The van der Waals surface area contributed by atoms with E-state index in [2.05, 4.69) is 20.6 Å². The largest absolute Gasteiger partial charge is 0.482 e. The molecule has 1 aromatic heterocycles. The molecule has 0 radical (unpaired) electrons. The Labute approximate surface area is 166 Å². The number of nitrogens with one attached hydrogen (secondary N) is 3. The van der Waals surface area contributed by atoms with Crippen LogP contribution in [0.5, 0.6) is 5.75 Å². The molecule has 8 heteroatoms. The molecule has 8 nitrogen and oxygen atoms in total. The highest BCUT2D eigenvalue weighted by Gasteiger charge is 2.17. The number of aryl methyl sites for hydroxylation is 1. The number of ether oxygens (including phenoxy) is 1. The van der Waals surface area contributed by atoms with Gasteiger partial charge in [0.15, 0.2) is 12.4 Å². The van der Waals surface area contributed by atoms with Gasteiger partial charge in [-0.2, -0.15) is 0 Å². The Balaban J connectivity index is 1.50. The molecule has 29 heavy (non-hydrogen) atoms. The molecule has 2 amide bonds. The quantitative estimate of drug-likeness (QED) is 0.631. The first-order valence-corrected chi connectivity index (χ1v) is 9.01. The standard InChI is InChI=1S/C21H18N4O4/c1-12-18(14-5-3-2-4-6-14)20(27)25-19(23-12)21(28)22-10-13-7-8-16-15(9-13)24-17(26)11-29-16/h2-9H,10-11H2,1H3,(H,22,28)(H,24,26)(H,23,25,27). The Bertz CT molecular complexity index is 1160. The smallest absolute Gasteiger partial charge is 0.287 e. The molecule has 0 fully saturated rings. The number of amides is 2. The van der Waals surface area contributed by atoms with E-state index >= 15 is 0 Å². The fourth-order valence-corrected chi connectivity index (χ4v) is 3.14. The number of aromatic amines is 1. The summed E-state index contributed by atoms with van der Waals surface area (Å²) < 4.78 is 5.31. The minimum atomic E-state index is -0.497. The lowest BCUT2D eigenvalue weighted by Gasteiger charge is -2.18. The molecule has 0 aliphatic carbocycles. The first kappa shape index (κ1) is 18.4. The molecular weight excluding hydrogens is 372 g/mol. The van der Waals surface area contributed by atoms with Crippen LogP contribution in [0.25, 0.3) is 11.1 Å². The van der Waals surface area contributed by atoms with Crippen molar-refractivity contribution in [1.29, 1.82) is 0 Å². The fourth-order valence-electron chi connectivity index (χ4n) is 3.14. The van der Waals surface area contributed by atoms with Gasteiger partial charge in [-0.3, -0.25) is 14.4 Å². The van der Waals surface area contributed by atoms with Crippen LogP contribution in [0.3, 0.4) is 0 Å². The van der Waals surface area contributed by atoms with Crippen LogP contribution < -0.4 is 20.9 Å². The van der Waals surface area contributed by atoms with Gasteiger partial charge in [-0.05, 0) is 30.2 Å². The average molecular weight is 390 g/mol. The number of rotatable bonds is 4. The molecule has 4 rings (SSSR count). The maximum absolute atomic E-state index is 12.5. The molecule has 0 saturated heterocycles. The van der Waals surface area contributed by atoms with Gasteiger partial charge in [0.05, 0.1) is 16.9 Å². The number of carbonyl (C=O) groups is 2. The van der Waals surface area contributed by atoms with Crippen molar-refractivity contribution in [2.45, 2.75) is 13.5 Å². The summed E-state index contributed by atoms with van der Waals surface area (Å²) in [6.07, 6.45) is 0. The van der Waals surface area contributed by atoms with E-state index in [9.17, 15) is 14.4 Å². The third kappa shape index (κ3) is 3.86. The first-order valence-electron chi connectivity index (χ1n) is 9.01. The highest BCUT2D eigenvalue weighted by atomic mass is 16.5. The summed E-state index contributed by atoms with van der Waals surface area (Å²) in [5.41, 5.74) is 2.60. The van der Waals surface area contributed by atoms with Gasteiger partial charge in [-0.15, -0.1) is 0 Å². The number of hydrogen-bond acceptors (Lipinski definition) is 5.